The first-order chi connectivity index (χ1) is 41.8. The first kappa shape index (κ1) is 72.5. The summed E-state index contributed by atoms with van der Waals surface area (Å²) in [7, 11) is 0. The van der Waals surface area contributed by atoms with E-state index in [0.29, 0.717) is 0 Å². The van der Waals surface area contributed by atoms with Crippen LogP contribution in [0.1, 0.15) is 148 Å². The summed E-state index contributed by atoms with van der Waals surface area (Å²) in [5.74, 6) is -9.48. The Morgan fingerprint density at radius 2 is 0.778 bits per heavy atom. The predicted molar refractivity (Wildman–Crippen MR) is 319 cm³/mol. The van der Waals surface area contributed by atoms with E-state index < -0.39 is 107 Å². The molecule has 0 heterocycles. The molecule has 0 saturated carbocycles. The molecular formula is C62H76N6O22. The molecule has 90 heavy (non-hydrogen) atoms. The summed E-state index contributed by atoms with van der Waals surface area (Å²) < 4.78 is 55.3. The SMILES string of the molecule is CC(C)(C)OC(=O)CC(NC(=O)c1cc(OCCOCCOCCOc2cc(C(=O)NC(CC(=O)O)C(=O)O)cc(C(=O)Oc3ccc(C(=N)NC(=O)OC(C)(C)C)cc3)c2)cc(C(=O)Oc2ccc(C(=N)NC(=O)OC(C)(C)C)cc2)c1)C(=O)OC(C)(C)C. The van der Waals surface area contributed by atoms with Crippen LogP contribution in [-0.2, 0) is 47.6 Å². The number of carbonyl (C=O) groups excluding carboxylic acids is 8. The minimum Gasteiger partial charge on any atom is -0.491 e. The van der Waals surface area contributed by atoms with Crippen LogP contribution in [0.4, 0.5) is 9.59 Å². The van der Waals surface area contributed by atoms with Crippen molar-refractivity contribution in [3.63, 3.8) is 0 Å². The highest BCUT2D eigenvalue weighted by Gasteiger charge is 2.32. The summed E-state index contributed by atoms with van der Waals surface area (Å²) in [6.07, 6.45) is -3.26. The Labute approximate surface area is 518 Å². The van der Waals surface area contributed by atoms with Gasteiger partial charge in [-0.15, -0.1) is 0 Å². The minimum absolute atomic E-state index is 0.00892. The second-order valence-corrected chi connectivity index (χ2v) is 23.6. The molecule has 0 bridgehead atoms. The predicted octanol–water partition coefficient (Wildman–Crippen LogP) is 7.15. The van der Waals surface area contributed by atoms with Crippen LogP contribution in [0.3, 0.4) is 0 Å². The number of hydrogen-bond acceptors (Lipinski definition) is 22. The monoisotopic (exact) mass is 1260 g/mol. The largest absolute Gasteiger partial charge is 0.491 e. The fraction of sp³-hybridized carbons (Fsp3) is 0.419. The zero-order chi connectivity index (χ0) is 67.3. The molecule has 2 unspecified atom stereocenters. The molecule has 0 aliphatic carbocycles. The molecular weight excluding hydrogens is 1180 g/mol. The molecule has 4 amide bonds. The number of ether oxygens (including phenoxy) is 10. The molecule has 0 saturated heterocycles. The van der Waals surface area contributed by atoms with E-state index >= 15 is 0 Å². The third-order valence-electron chi connectivity index (χ3n) is 10.9. The Morgan fingerprint density at radius 1 is 0.422 bits per heavy atom. The van der Waals surface area contributed by atoms with Gasteiger partial charge in [-0.05, 0) is 168 Å². The quantitative estimate of drug-likeness (QED) is 0.00733. The van der Waals surface area contributed by atoms with Crippen LogP contribution >= 0.6 is 0 Å². The summed E-state index contributed by atoms with van der Waals surface area (Å²) in [5, 5.41) is 44.5. The number of rotatable bonds is 27. The van der Waals surface area contributed by atoms with E-state index in [-0.39, 0.29) is 108 Å². The van der Waals surface area contributed by atoms with Crippen molar-refractivity contribution in [1.29, 1.82) is 10.8 Å². The van der Waals surface area contributed by atoms with E-state index in [1.807, 2.05) is 0 Å². The lowest BCUT2D eigenvalue weighted by molar-refractivity contribution is -0.164. The average Bonchev–Trinajstić information content (AvgIpc) is 0.952. The summed E-state index contributed by atoms with van der Waals surface area (Å²) in [6.45, 7) is 19.2. The lowest BCUT2D eigenvalue weighted by Crippen LogP contribution is -2.46. The van der Waals surface area contributed by atoms with Gasteiger partial charge in [0.15, 0.2) is 0 Å². The zero-order valence-corrected chi connectivity index (χ0v) is 52.0. The third kappa shape index (κ3) is 27.0. The summed E-state index contributed by atoms with van der Waals surface area (Å²) in [6, 6.07) is 14.9. The Morgan fingerprint density at radius 3 is 1.13 bits per heavy atom. The summed E-state index contributed by atoms with van der Waals surface area (Å²) in [4.78, 5) is 128. The number of carbonyl (C=O) groups is 10. The molecule has 4 aromatic carbocycles. The Hall–Kier alpha value is -9.96. The van der Waals surface area contributed by atoms with Crippen molar-refractivity contribution in [3.8, 4) is 23.0 Å². The highest BCUT2D eigenvalue weighted by atomic mass is 16.6. The fourth-order valence-corrected chi connectivity index (χ4v) is 7.26. The van der Waals surface area contributed by atoms with E-state index in [9.17, 15) is 58.2 Å². The van der Waals surface area contributed by atoms with Crippen LogP contribution in [0, 0.1) is 10.8 Å². The van der Waals surface area contributed by atoms with Crippen LogP contribution < -0.4 is 40.2 Å². The van der Waals surface area contributed by atoms with E-state index in [1.165, 1.54) is 78.9 Å². The number of hydrogen-bond donors (Lipinski definition) is 8. The van der Waals surface area contributed by atoms with Crippen molar-refractivity contribution in [3.05, 3.63) is 118 Å². The van der Waals surface area contributed by atoms with Crippen LogP contribution in [0.2, 0.25) is 0 Å². The number of carboxylic acids is 2. The standard InChI is InChI=1S/C62H76N6O22/c1-59(2,3)87-48(71)34-46(56(78)88-60(4,5)6)66-52(73)38-28-40(55(77)86-42-19-15-36(16-20-42)50(64)68-58(80)90-62(10,11)12)32-44(30-38)84-26-24-82-22-21-81-23-25-83-43-29-37(51(72)65-45(53(74)75)33-47(69)70)27-39(31-43)54(76)85-41-17-13-35(14-18-41)49(63)67-57(79)89-61(7,8)9/h13-20,27-32,45-46H,21-26,33-34H2,1-12H3,(H,65,72)(H,66,73)(H,69,70)(H,74,75)(H2,63,67,79)(H2,64,68,80). The zero-order valence-electron chi connectivity index (χ0n) is 52.0. The second kappa shape index (κ2) is 32.3. The molecule has 0 fully saturated rings. The average molecular weight is 1260 g/mol. The maximum absolute atomic E-state index is 14.0. The number of benzene rings is 4. The summed E-state index contributed by atoms with van der Waals surface area (Å²) in [5.41, 5.74) is -4.00. The maximum Gasteiger partial charge on any atom is 0.413 e. The molecule has 28 heteroatoms. The van der Waals surface area contributed by atoms with E-state index in [4.69, 9.17) is 58.2 Å². The van der Waals surface area contributed by atoms with Crippen molar-refractivity contribution in [2.24, 2.45) is 0 Å². The molecule has 8 N–H and O–H groups in total. The molecule has 2 atom stereocenters. The van der Waals surface area contributed by atoms with Crippen LogP contribution in [0.15, 0.2) is 84.9 Å². The van der Waals surface area contributed by atoms with E-state index in [0.717, 1.165) is 6.07 Å². The van der Waals surface area contributed by atoms with Crippen LogP contribution in [0.25, 0.3) is 0 Å². The Kier molecular flexibility index (Phi) is 26.0. The van der Waals surface area contributed by atoms with Gasteiger partial charge in [0.05, 0.1) is 50.4 Å². The van der Waals surface area contributed by atoms with Gasteiger partial charge in [0.25, 0.3) is 11.8 Å². The lowest BCUT2D eigenvalue weighted by atomic mass is 10.1. The molecule has 0 spiro atoms. The lowest BCUT2D eigenvalue weighted by Gasteiger charge is -2.26. The van der Waals surface area contributed by atoms with Gasteiger partial charge in [-0.3, -0.25) is 40.6 Å². The molecule has 4 rings (SSSR count). The second-order valence-electron chi connectivity index (χ2n) is 23.6. The number of amides is 4. The van der Waals surface area contributed by atoms with Crippen molar-refractivity contribution in [2.75, 3.05) is 39.6 Å². The van der Waals surface area contributed by atoms with Crippen molar-refractivity contribution in [2.45, 2.75) is 130 Å². The first-order valence-corrected chi connectivity index (χ1v) is 27.9. The number of amidine groups is 2. The van der Waals surface area contributed by atoms with Crippen LogP contribution in [0.5, 0.6) is 23.0 Å². The first-order valence-electron chi connectivity index (χ1n) is 27.9. The topological polar surface area (TPSA) is 399 Å². The Bertz CT molecular complexity index is 3280. The minimum atomic E-state index is -1.83. The molecule has 486 valence electrons. The third-order valence-corrected chi connectivity index (χ3v) is 10.9. The molecule has 0 aromatic heterocycles. The molecule has 0 radical (unpaired) electrons. The molecule has 0 aliphatic rings. The van der Waals surface area contributed by atoms with Gasteiger partial charge in [-0.25, -0.2) is 28.8 Å². The Balaban J connectivity index is 1.43. The van der Waals surface area contributed by atoms with Gasteiger partial charge >= 0.3 is 48.0 Å². The normalized spacial score (nSPS) is 12.1. The number of aliphatic carboxylic acids is 2. The number of nitrogens with one attached hydrogen (secondary N) is 6. The molecule has 0 aliphatic heterocycles. The van der Waals surface area contributed by atoms with Crippen molar-refractivity contribution >= 4 is 71.5 Å². The fourth-order valence-electron chi connectivity index (χ4n) is 7.26. The highest BCUT2D eigenvalue weighted by molar-refractivity contribution is 6.06. The van der Waals surface area contributed by atoms with Gasteiger partial charge in [-0.2, -0.15) is 0 Å². The maximum atomic E-state index is 14.0. The van der Waals surface area contributed by atoms with Crippen LogP contribution in [-0.4, -0.2) is 156 Å². The van der Waals surface area contributed by atoms with Gasteiger partial charge in [0.1, 0.15) is 82.4 Å². The van der Waals surface area contributed by atoms with Crippen molar-refractivity contribution in [1.82, 2.24) is 21.3 Å². The van der Waals surface area contributed by atoms with Gasteiger partial charge in [-0.1, -0.05) is 0 Å². The van der Waals surface area contributed by atoms with Gasteiger partial charge < -0.3 is 68.2 Å². The number of carboxylic acid groups (broad SMARTS) is 2. The highest BCUT2D eigenvalue weighted by Crippen LogP contribution is 2.24. The van der Waals surface area contributed by atoms with Gasteiger partial charge in [0, 0.05) is 22.3 Å². The number of esters is 4. The van der Waals surface area contributed by atoms with Crippen molar-refractivity contribution < 1.29 is 106 Å². The smallest absolute Gasteiger partial charge is 0.413 e. The van der Waals surface area contributed by atoms with E-state index in [2.05, 4.69) is 21.3 Å². The number of alkyl carbamates (subject to hydrolysis) is 2. The molecule has 28 nitrogen and oxygen atoms in total. The van der Waals surface area contributed by atoms with E-state index in [1.54, 1.807) is 83.1 Å². The van der Waals surface area contributed by atoms with Gasteiger partial charge in [0.2, 0.25) is 0 Å². The summed E-state index contributed by atoms with van der Waals surface area (Å²) >= 11 is 0. The molecule has 4 aromatic rings.